The van der Waals surface area contributed by atoms with E-state index in [2.05, 4.69) is 0 Å². The van der Waals surface area contributed by atoms with Crippen molar-refractivity contribution in [2.24, 2.45) is 10.8 Å². The fraction of sp³-hybridized carbons (Fsp3) is 0.704. The lowest BCUT2D eigenvalue weighted by Gasteiger charge is -2.33. The molecule has 0 aliphatic rings. The summed E-state index contributed by atoms with van der Waals surface area (Å²) in [5.74, 6) is -0.486. The summed E-state index contributed by atoms with van der Waals surface area (Å²) in [4.78, 5) is 25.7. The van der Waals surface area contributed by atoms with E-state index in [1.807, 2.05) is 79.7 Å². The van der Waals surface area contributed by atoms with E-state index in [1.165, 1.54) is 0 Å². The highest BCUT2D eigenvalue weighted by Gasteiger charge is 2.39. The smallest absolute Gasteiger partial charge is 0.316 e. The van der Waals surface area contributed by atoms with Gasteiger partial charge in [0.15, 0.2) is 0 Å². The maximum Gasteiger partial charge on any atom is 0.316 e. The molecule has 0 aromatic heterocycles. The first-order valence-electron chi connectivity index (χ1n) is 11.7. The van der Waals surface area contributed by atoms with E-state index >= 15 is 0 Å². The van der Waals surface area contributed by atoms with Crippen LogP contribution in [0.4, 0.5) is 0 Å². The Morgan fingerprint density at radius 1 is 0.938 bits per heavy atom. The Bertz CT molecular complexity index is 772. The molecule has 32 heavy (non-hydrogen) atoms. The average molecular weight is 449 g/mol. The van der Waals surface area contributed by atoms with E-state index in [1.54, 1.807) is 6.92 Å². The lowest BCUT2D eigenvalue weighted by atomic mass is 9.75. The summed E-state index contributed by atoms with van der Waals surface area (Å²) < 4.78 is 11.0. The summed E-state index contributed by atoms with van der Waals surface area (Å²) in [5.41, 5.74) is -0.422. The Labute approximate surface area is 194 Å². The fourth-order valence-electron chi connectivity index (χ4n) is 3.69. The second kappa shape index (κ2) is 10.8. The Hall–Kier alpha value is -1.88. The van der Waals surface area contributed by atoms with Crippen LogP contribution in [0, 0.1) is 10.8 Å². The molecule has 0 amide bonds. The summed E-state index contributed by atoms with van der Waals surface area (Å²) >= 11 is 0. The second-order valence-electron chi connectivity index (χ2n) is 11.5. The summed E-state index contributed by atoms with van der Waals surface area (Å²) in [6.07, 6.45) is 2.71. The molecule has 0 fully saturated rings. The third-order valence-electron chi connectivity index (χ3n) is 5.85. The monoisotopic (exact) mass is 448 g/mol. The summed E-state index contributed by atoms with van der Waals surface area (Å²) in [7, 11) is 0. The number of benzene rings is 1. The molecule has 1 atom stereocenters. The van der Waals surface area contributed by atoms with Gasteiger partial charge in [-0.2, -0.15) is 0 Å². The number of hydrogen-bond acceptors (Lipinski definition) is 5. The SMILES string of the molecule is CCOC(=O)C(C)(C)Cc1cccc(C(C)(CCCC(C)(C)CO)C(=O)OC(C)(C)C)c1. The summed E-state index contributed by atoms with van der Waals surface area (Å²) in [6.45, 7) is 17.6. The minimum atomic E-state index is -0.830. The molecule has 182 valence electrons. The van der Waals surface area contributed by atoms with Gasteiger partial charge in [-0.3, -0.25) is 9.59 Å². The number of carbonyl (C=O) groups is 2. The van der Waals surface area contributed by atoms with Crippen LogP contribution in [0.3, 0.4) is 0 Å². The van der Waals surface area contributed by atoms with Crippen LogP contribution in [0.2, 0.25) is 0 Å². The first kappa shape index (κ1) is 28.2. The van der Waals surface area contributed by atoms with Crippen LogP contribution in [0.15, 0.2) is 24.3 Å². The maximum atomic E-state index is 13.4. The number of carbonyl (C=O) groups excluding carboxylic acids is 2. The van der Waals surface area contributed by atoms with Crippen molar-refractivity contribution in [1.29, 1.82) is 0 Å². The van der Waals surface area contributed by atoms with E-state index in [9.17, 15) is 14.7 Å². The number of aliphatic hydroxyl groups is 1. The first-order chi connectivity index (χ1) is 14.6. The quantitative estimate of drug-likeness (QED) is 0.446. The molecule has 1 unspecified atom stereocenters. The molecule has 1 aromatic carbocycles. The summed E-state index contributed by atoms with van der Waals surface area (Å²) in [5, 5.41) is 9.60. The van der Waals surface area contributed by atoms with Gasteiger partial charge in [0.2, 0.25) is 0 Å². The zero-order valence-corrected chi connectivity index (χ0v) is 21.6. The van der Waals surface area contributed by atoms with Gasteiger partial charge in [-0.1, -0.05) is 44.5 Å². The minimum Gasteiger partial charge on any atom is -0.466 e. The molecule has 0 heterocycles. The number of aliphatic hydroxyl groups excluding tert-OH is 1. The van der Waals surface area contributed by atoms with E-state index in [-0.39, 0.29) is 24.0 Å². The number of hydrogen-bond donors (Lipinski definition) is 1. The Balaban J connectivity index is 3.25. The lowest BCUT2D eigenvalue weighted by molar-refractivity contribution is -0.162. The van der Waals surface area contributed by atoms with Crippen molar-refractivity contribution in [3.05, 3.63) is 35.4 Å². The largest absolute Gasteiger partial charge is 0.466 e. The van der Waals surface area contributed by atoms with Crippen LogP contribution in [-0.2, 0) is 30.9 Å². The zero-order chi connectivity index (χ0) is 24.8. The van der Waals surface area contributed by atoms with E-state index in [0.29, 0.717) is 19.4 Å². The molecule has 0 bridgehead atoms. The van der Waals surface area contributed by atoms with Crippen molar-refractivity contribution in [1.82, 2.24) is 0 Å². The molecular weight excluding hydrogens is 404 g/mol. The Morgan fingerprint density at radius 2 is 1.56 bits per heavy atom. The third-order valence-corrected chi connectivity index (χ3v) is 5.85. The van der Waals surface area contributed by atoms with Crippen LogP contribution in [0.25, 0.3) is 0 Å². The molecule has 0 aliphatic carbocycles. The van der Waals surface area contributed by atoms with Crippen LogP contribution in [0.1, 0.15) is 92.7 Å². The highest BCUT2D eigenvalue weighted by atomic mass is 16.6. The standard InChI is InChI=1S/C27H44O5/c1-10-31-22(29)26(7,8)18-20-13-11-14-21(17-20)27(9,23(30)32-24(2,3)4)16-12-15-25(5,6)19-28/h11,13-14,17,28H,10,12,15-16,18-19H2,1-9H3. The number of esters is 2. The highest BCUT2D eigenvalue weighted by Crippen LogP contribution is 2.36. The Kier molecular flexibility index (Phi) is 9.52. The molecule has 0 saturated heterocycles. The van der Waals surface area contributed by atoms with Crippen molar-refractivity contribution >= 4 is 11.9 Å². The number of ether oxygens (including phenoxy) is 2. The second-order valence-corrected chi connectivity index (χ2v) is 11.5. The van der Waals surface area contributed by atoms with Crippen LogP contribution < -0.4 is 0 Å². The minimum absolute atomic E-state index is 0.106. The van der Waals surface area contributed by atoms with E-state index < -0.39 is 16.4 Å². The van der Waals surface area contributed by atoms with Gasteiger partial charge in [0, 0.05) is 6.61 Å². The van der Waals surface area contributed by atoms with Crippen LogP contribution in [0.5, 0.6) is 0 Å². The molecule has 1 rings (SSSR count). The molecule has 5 heteroatoms. The average Bonchev–Trinajstić information content (AvgIpc) is 2.66. The predicted octanol–water partition coefficient (Wildman–Crippen LogP) is 5.61. The van der Waals surface area contributed by atoms with Crippen molar-refractivity contribution in [2.45, 2.75) is 99.0 Å². The topological polar surface area (TPSA) is 72.8 Å². The lowest BCUT2D eigenvalue weighted by Crippen LogP contribution is -2.39. The van der Waals surface area contributed by atoms with Gasteiger partial charge in [-0.15, -0.1) is 0 Å². The van der Waals surface area contributed by atoms with Gasteiger partial charge in [-0.05, 0) is 84.3 Å². The summed E-state index contributed by atoms with van der Waals surface area (Å²) in [6, 6.07) is 7.89. The van der Waals surface area contributed by atoms with Gasteiger partial charge < -0.3 is 14.6 Å². The molecule has 0 spiro atoms. The highest BCUT2D eigenvalue weighted by molar-refractivity contribution is 5.83. The van der Waals surface area contributed by atoms with Crippen LogP contribution in [-0.4, -0.2) is 35.9 Å². The van der Waals surface area contributed by atoms with Crippen molar-refractivity contribution < 1.29 is 24.2 Å². The van der Waals surface area contributed by atoms with Gasteiger partial charge in [0.05, 0.1) is 17.4 Å². The van der Waals surface area contributed by atoms with Gasteiger partial charge in [0.1, 0.15) is 5.60 Å². The molecule has 0 aliphatic heterocycles. The zero-order valence-electron chi connectivity index (χ0n) is 21.6. The third kappa shape index (κ3) is 8.23. The van der Waals surface area contributed by atoms with E-state index in [0.717, 1.165) is 24.0 Å². The molecular formula is C27H44O5. The fourth-order valence-corrected chi connectivity index (χ4v) is 3.69. The normalized spacial score (nSPS) is 14.6. The predicted molar refractivity (Wildman–Crippen MR) is 128 cm³/mol. The van der Waals surface area contributed by atoms with Gasteiger partial charge in [-0.25, -0.2) is 0 Å². The molecule has 1 N–H and O–H groups in total. The molecule has 5 nitrogen and oxygen atoms in total. The van der Waals surface area contributed by atoms with Crippen LogP contribution >= 0.6 is 0 Å². The van der Waals surface area contributed by atoms with Crippen molar-refractivity contribution in [3.63, 3.8) is 0 Å². The Morgan fingerprint density at radius 3 is 2.09 bits per heavy atom. The van der Waals surface area contributed by atoms with Gasteiger partial charge in [0.25, 0.3) is 0 Å². The molecule has 0 saturated carbocycles. The van der Waals surface area contributed by atoms with E-state index in [4.69, 9.17) is 9.47 Å². The van der Waals surface area contributed by atoms with Gasteiger partial charge >= 0.3 is 11.9 Å². The molecule has 0 radical (unpaired) electrons. The molecule has 1 aromatic rings. The van der Waals surface area contributed by atoms with Crippen molar-refractivity contribution in [2.75, 3.05) is 13.2 Å². The first-order valence-corrected chi connectivity index (χ1v) is 11.7. The maximum absolute atomic E-state index is 13.4. The number of rotatable bonds is 11. The van der Waals surface area contributed by atoms with Crippen molar-refractivity contribution in [3.8, 4) is 0 Å².